The van der Waals surface area contributed by atoms with E-state index in [2.05, 4.69) is 33.0 Å². The van der Waals surface area contributed by atoms with Crippen molar-refractivity contribution in [3.63, 3.8) is 0 Å². The highest BCUT2D eigenvalue weighted by Crippen LogP contribution is 2.43. The molecule has 2 rings (SSSR count). The monoisotopic (exact) mass is 325 g/mol. The Kier molecular flexibility index (Phi) is 5.08. The molecule has 0 aromatic heterocycles. The van der Waals surface area contributed by atoms with Gasteiger partial charge in [0.05, 0.1) is 11.2 Å². The number of nitrogens with one attached hydrogen (secondary N) is 1. The van der Waals surface area contributed by atoms with Crippen LogP contribution in [0.15, 0.2) is 0 Å². The summed E-state index contributed by atoms with van der Waals surface area (Å²) in [5.41, 5.74) is -1.00. The second-order valence-electron chi connectivity index (χ2n) is 8.88. The zero-order chi connectivity index (χ0) is 17.5. The summed E-state index contributed by atoms with van der Waals surface area (Å²) in [5.74, 6) is 0.396. The van der Waals surface area contributed by atoms with E-state index >= 15 is 0 Å². The third-order valence-corrected chi connectivity index (χ3v) is 5.15. The molecule has 0 bridgehead atoms. The molecule has 0 aromatic carbocycles. The van der Waals surface area contributed by atoms with Crippen molar-refractivity contribution >= 4 is 13.2 Å². The molecule has 1 saturated heterocycles. The number of carbonyl (C=O) groups is 1. The van der Waals surface area contributed by atoms with Gasteiger partial charge in [-0.1, -0.05) is 12.8 Å². The fourth-order valence-corrected chi connectivity index (χ4v) is 3.09. The second-order valence-corrected chi connectivity index (χ2v) is 8.88. The highest BCUT2D eigenvalue weighted by atomic mass is 16.7. The maximum absolute atomic E-state index is 11.9. The minimum Gasteiger partial charge on any atom is -0.444 e. The fourth-order valence-electron chi connectivity index (χ4n) is 3.09. The Bertz CT molecular complexity index is 420. The molecule has 23 heavy (non-hydrogen) atoms. The van der Waals surface area contributed by atoms with Crippen LogP contribution in [0.3, 0.4) is 0 Å². The predicted molar refractivity (Wildman–Crippen MR) is 91.5 cm³/mol. The number of hydrogen-bond donors (Lipinski definition) is 1. The van der Waals surface area contributed by atoms with Gasteiger partial charge in [-0.3, -0.25) is 0 Å². The Morgan fingerprint density at radius 3 is 1.96 bits per heavy atom. The Labute approximate surface area is 141 Å². The molecule has 0 radical (unpaired) electrons. The van der Waals surface area contributed by atoms with Gasteiger partial charge >= 0.3 is 13.2 Å². The Morgan fingerprint density at radius 1 is 1.04 bits per heavy atom. The molecule has 6 heteroatoms. The molecule has 0 spiro atoms. The van der Waals surface area contributed by atoms with Crippen LogP contribution in [0, 0.1) is 0 Å². The van der Waals surface area contributed by atoms with Gasteiger partial charge in [0.1, 0.15) is 5.60 Å². The number of hydrogen-bond acceptors (Lipinski definition) is 4. The Morgan fingerprint density at radius 2 is 1.52 bits per heavy atom. The predicted octanol–water partition coefficient (Wildman–Crippen LogP) is 3.92. The lowest BCUT2D eigenvalue weighted by Gasteiger charge is -2.32. The third kappa shape index (κ3) is 4.63. The molecule has 1 saturated carbocycles. The summed E-state index contributed by atoms with van der Waals surface area (Å²) < 4.78 is 17.6. The molecule has 1 aliphatic carbocycles. The molecule has 0 aromatic rings. The summed E-state index contributed by atoms with van der Waals surface area (Å²) in [4.78, 5) is 11.9. The first kappa shape index (κ1) is 18.6. The molecule has 0 atom stereocenters. The number of carbonyl (C=O) groups excluding carboxylic acids is 1. The topological polar surface area (TPSA) is 56.8 Å². The van der Waals surface area contributed by atoms with Gasteiger partial charge in [0.2, 0.25) is 0 Å². The van der Waals surface area contributed by atoms with Gasteiger partial charge in [0.25, 0.3) is 0 Å². The molecular weight excluding hydrogens is 293 g/mol. The molecule has 2 aliphatic rings. The largest absolute Gasteiger partial charge is 0.461 e. The Balaban J connectivity index is 1.80. The quantitative estimate of drug-likeness (QED) is 0.782. The normalized spacial score (nSPS) is 30.1. The number of ether oxygens (including phenoxy) is 1. The fraction of sp³-hybridized carbons (Fsp3) is 0.941. The zero-order valence-corrected chi connectivity index (χ0v) is 15.7. The molecule has 1 aliphatic heterocycles. The van der Waals surface area contributed by atoms with Gasteiger partial charge in [0.15, 0.2) is 0 Å². The van der Waals surface area contributed by atoms with Crippen LogP contribution in [0.4, 0.5) is 4.79 Å². The summed E-state index contributed by atoms with van der Waals surface area (Å²) in [6, 6.07) is 0.184. The second kappa shape index (κ2) is 6.28. The van der Waals surface area contributed by atoms with Gasteiger partial charge in [-0.05, 0) is 67.1 Å². The number of amides is 1. The van der Waals surface area contributed by atoms with E-state index in [1.807, 2.05) is 20.8 Å². The summed E-state index contributed by atoms with van der Waals surface area (Å²) >= 11 is 0. The van der Waals surface area contributed by atoms with Gasteiger partial charge < -0.3 is 19.4 Å². The van der Waals surface area contributed by atoms with Crippen LogP contribution in [0.5, 0.6) is 0 Å². The molecule has 132 valence electrons. The molecule has 5 nitrogen and oxygen atoms in total. The SMILES string of the molecule is CC(C)(C)OC(=O)N[C@H]1CC[C@@H](B2OC(C)(C)C(C)(C)O2)CC1. The minimum atomic E-state index is -0.454. The molecule has 1 heterocycles. The van der Waals surface area contributed by atoms with E-state index in [-0.39, 0.29) is 30.5 Å². The maximum Gasteiger partial charge on any atom is 0.461 e. The summed E-state index contributed by atoms with van der Waals surface area (Å²) in [6.07, 6.45) is 3.55. The van der Waals surface area contributed by atoms with Gasteiger partial charge in [-0.25, -0.2) is 4.79 Å². The average molecular weight is 325 g/mol. The van der Waals surface area contributed by atoms with E-state index < -0.39 is 5.60 Å². The van der Waals surface area contributed by atoms with Crippen LogP contribution in [0.2, 0.25) is 5.82 Å². The van der Waals surface area contributed by atoms with Crippen molar-refractivity contribution in [1.29, 1.82) is 0 Å². The van der Waals surface area contributed by atoms with Crippen LogP contribution in [0.1, 0.15) is 74.1 Å². The van der Waals surface area contributed by atoms with Crippen molar-refractivity contribution in [2.45, 2.75) is 103 Å². The lowest BCUT2D eigenvalue weighted by Crippen LogP contribution is -2.41. The van der Waals surface area contributed by atoms with Crippen LogP contribution >= 0.6 is 0 Å². The van der Waals surface area contributed by atoms with E-state index in [1.165, 1.54) is 0 Å². The van der Waals surface area contributed by atoms with E-state index in [9.17, 15) is 4.79 Å². The summed E-state index contributed by atoms with van der Waals surface area (Å²) in [5, 5.41) is 2.98. The minimum absolute atomic E-state index is 0.137. The molecule has 2 fully saturated rings. The van der Waals surface area contributed by atoms with Gasteiger partial charge in [-0.2, -0.15) is 0 Å². The van der Waals surface area contributed by atoms with E-state index in [0.29, 0.717) is 5.82 Å². The lowest BCUT2D eigenvalue weighted by molar-refractivity contribution is 0.00578. The smallest absolute Gasteiger partial charge is 0.444 e. The zero-order valence-electron chi connectivity index (χ0n) is 15.7. The van der Waals surface area contributed by atoms with Crippen molar-refractivity contribution < 1.29 is 18.8 Å². The summed E-state index contributed by atoms with van der Waals surface area (Å²) in [7, 11) is -0.137. The first-order valence-electron chi connectivity index (χ1n) is 8.75. The van der Waals surface area contributed by atoms with Crippen molar-refractivity contribution in [3.8, 4) is 0 Å². The first-order valence-corrected chi connectivity index (χ1v) is 8.75. The van der Waals surface area contributed by atoms with Crippen molar-refractivity contribution in [2.75, 3.05) is 0 Å². The maximum atomic E-state index is 11.9. The number of alkyl carbamates (subject to hydrolysis) is 1. The van der Waals surface area contributed by atoms with Crippen LogP contribution in [-0.4, -0.2) is 36.1 Å². The number of rotatable bonds is 2. The molecule has 1 N–H and O–H groups in total. The van der Waals surface area contributed by atoms with Crippen LogP contribution in [-0.2, 0) is 14.0 Å². The molecular formula is C17H32BNO4. The van der Waals surface area contributed by atoms with Crippen LogP contribution in [0.25, 0.3) is 0 Å². The van der Waals surface area contributed by atoms with E-state index in [0.717, 1.165) is 25.7 Å². The van der Waals surface area contributed by atoms with Crippen molar-refractivity contribution in [1.82, 2.24) is 5.32 Å². The summed E-state index contributed by atoms with van der Waals surface area (Å²) in [6.45, 7) is 14.0. The standard InChI is InChI=1S/C17H32BNO4/c1-15(2,3)21-14(20)19-13-10-8-12(9-11-13)18-22-16(4,5)17(6,7)23-18/h12-13H,8-11H2,1-7H3,(H,19,20)/t12-,13+. The van der Waals surface area contributed by atoms with Gasteiger partial charge in [0, 0.05) is 6.04 Å². The highest BCUT2D eigenvalue weighted by Gasteiger charge is 2.53. The highest BCUT2D eigenvalue weighted by molar-refractivity contribution is 6.47. The lowest BCUT2D eigenvalue weighted by atomic mass is 9.64. The van der Waals surface area contributed by atoms with Crippen LogP contribution < -0.4 is 5.32 Å². The van der Waals surface area contributed by atoms with Crippen molar-refractivity contribution in [2.24, 2.45) is 0 Å². The molecule has 0 unspecified atom stereocenters. The first-order chi connectivity index (χ1) is 10.4. The van der Waals surface area contributed by atoms with E-state index in [1.54, 1.807) is 0 Å². The Hall–Kier alpha value is -0.745. The third-order valence-electron chi connectivity index (χ3n) is 5.15. The van der Waals surface area contributed by atoms with E-state index in [4.69, 9.17) is 14.0 Å². The van der Waals surface area contributed by atoms with Gasteiger partial charge in [-0.15, -0.1) is 0 Å². The van der Waals surface area contributed by atoms with Crippen molar-refractivity contribution in [3.05, 3.63) is 0 Å². The molecule has 1 amide bonds. The average Bonchev–Trinajstić information content (AvgIpc) is 2.56.